The zero-order chi connectivity index (χ0) is 45.9. The van der Waals surface area contributed by atoms with Crippen LogP contribution in [0.5, 0.6) is 0 Å². The maximum atomic E-state index is 12.2. The van der Waals surface area contributed by atoms with Crippen LogP contribution < -0.4 is 0 Å². The van der Waals surface area contributed by atoms with Gasteiger partial charge in [-0.25, -0.2) is 0 Å². The monoisotopic (exact) mass is 867 g/mol. The lowest BCUT2D eigenvalue weighted by Gasteiger charge is -2.58. The molecule has 0 aromatic carbocycles. The molecule has 0 spiro atoms. The summed E-state index contributed by atoms with van der Waals surface area (Å²) in [7, 11) is 0. The van der Waals surface area contributed by atoms with Crippen molar-refractivity contribution in [2.75, 3.05) is 0 Å². The van der Waals surface area contributed by atoms with Gasteiger partial charge in [0.1, 0.15) is 5.78 Å². The van der Waals surface area contributed by atoms with Crippen LogP contribution in [-0.4, -0.2) is 28.2 Å². The second kappa shape index (κ2) is 21.1. The number of hydrogen-bond acceptors (Lipinski definition) is 3. The van der Waals surface area contributed by atoms with E-state index in [2.05, 4.69) is 100 Å². The van der Waals surface area contributed by atoms with Gasteiger partial charge in [0, 0.05) is 5.92 Å². The first-order valence-corrected chi connectivity index (χ1v) is 27.1. The highest BCUT2D eigenvalue weighted by Gasteiger charge is 2.60. The Hall–Kier alpha value is -1.71. The van der Waals surface area contributed by atoms with Gasteiger partial charge in [-0.1, -0.05) is 121 Å². The van der Waals surface area contributed by atoms with Gasteiger partial charge >= 0.3 is 0 Å². The van der Waals surface area contributed by atoms with E-state index in [1.165, 1.54) is 96.3 Å². The van der Waals surface area contributed by atoms with Crippen LogP contribution in [0.4, 0.5) is 0 Å². The maximum absolute atomic E-state index is 12.2. The number of aliphatic hydroxyl groups is 2. The normalized spacial score (nSPS) is 45.0. The summed E-state index contributed by atoms with van der Waals surface area (Å²) >= 11 is 0. The molecule has 2 N–H and O–H groups in total. The van der Waals surface area contributed by atoms with Gasteiger partial charge in [-0.05, 0) is 224 Å². The molecule has 0 radical (unpaired) electrons. The van der Waals surface area contributed by atoms with Crippen molar-refractivity contribution in [2.24, 2.45) is 80.8 Å². The molecule has 3 nitrogen and oxygen atoms in total. The fourth-order valence-electron chi connectivity index (χ4n) is 17.5. The number of fused-ring (bicyclic) bond motifs is 10. The number of ketones is 1. The fraction of sp³-hybridized carbons (Fsp3) is 0.817. The van der Waals surface area contributed by atoms with E-state index in [4.69, 9.17) is 0 Å². The van der Waals surface area contributed by atoms with Crippen molar-refractivity contribution in [3.05, 3.63) is 59.3 Å². The Bertz CT molecular complexity index is 1700. The van der Waals surface area contributed by atoms with Gasteiger partial charge in [-0.15, -0.1) is 6.58 Å². The molecule has 7 fully saturated rings. The number of allylic oxidation sites excluding steroid dienone is 7. The number of aliphatic hydroxyl groups excluding tert-OH is 2. The van der Waals surface area contributed by atoms with Crippen LogP contribution in [0.15, 0.2) is 59.3 Å². The van der Waals surface area contributed by atoms with E-state index in [1.807, 2.05) is 13.0 Å². The molecule has 356 valence electrons. The van der Waals surface area contributed by atoms with Crippen molar-refractivity contribution in [1.82, 2.24) is 0 Å². The molecule has 9 rings (SSSR count). The minimum absolute atomic E-state index is 0.0811. The lowest BCUT2D eigenvalue weighted by atomic mass is 9.47. The zero-order valence-corrected chi connectivity index (χ0v) is 42.9. The van der Waals surface area contributed by atoms with E-state index in [0.717, 1.165) is 98.2 Å². The first-order chi connectivity index (χ1) is 29.9. The number of rotatable bonds is 6. The fourth-order valence-corrected chi connectivity index (χ4v) is 17.5. The summed E-state index contributed by atoms with van der Waals surface area (Å²) < 4.78 is 0. The molecular formula is C60H98O3. The smallest absolute Gasteiger partial charge is 0.133 e. The Labute approximate surface area is 389 Å². The number of carbonyl (C=O) groups excluding carboxylic acids is 1. The van der Waals surface area contributed by atoms with E-state index in [1.54, 1.807) is 22.3 Å². The Morgan fingerprint density at radius 1 is 0.619 bits per heavy atom. The molecule has 0 heterocycles. The Morgan fingerprint density at radius 2 is 1.08 bits per heavy atom. The van der Waals surface area contributed by atoms with E-state index in [0.29, 0.717) is 27.9 Å². The van der Waals surface area contributed by atoms with Gasteiger partial charge in [-0.2, -0.15) is 0 Å². The van der Waals surface area contributed by atoms with Crippen LogP contribution in [0.25, 0.3) is 0 Å². The number of Topliss-reactive ketones (excluding diaryl/α,β-unsaturated/α-hetero) is 1. The van der Waals surface area contributed by atoms with Gasteiger partial charge < -0.3 is 10.2 Å². The molecule has 63 heavy (non-hydrogen) atoms. The lowest BCUT2D eigenvalue weighted by Crippen LogP contribution is -2.50. The second-order valence-electron chi connectivity index (χ2n) is 24.2. The molecule has 16 atom stereocenters. The van der Waals surface area contributed by atoms with Crippen LogP contribution in [0.2, 0.25) is 0 Å². The largest absolute Gasteiger partial charge is 0.393 e. The highest BCUT2D eigenvalue weighted by molar-refractivity contribution is 5.79. The van der Waals surface area contributed by atoms with Gasteiger partial charge in [-0.3, -0.25) is 4.79 Å². The lowest BCUT2D eigenvalue weighted by molar-refractivity contribution is -0.127. The van der Waals surface area contributed by atoms with Crippen LogP contribution >= 0.6 is 0 Å². The SMILES string of the molecule is C=CCC.CC(=O)[C@H]1CCC2C3CC=C4C[C@@H](O)CC[C@]4(C)C3CC[C@@]21C.CC/C=C(\C)[C@H]1CCC2C3CC=C4C[C@@H](O)CC[C@]4(C)C3CC[C@@]21C.CC/C=C(\C)[C@H]1CCC[C@H]1C. The average molecular weight is 867 g/mol. The summed E-state index contributed by atoms with van der Waals surface area (Å²) in [6.45, 7) is 29.0. The van der Waals surface area contributed by atoms with Crippen molar-refractivity contribution in [3.63, 3.8) is 0 Å². The van der Waals surface area contributed by atoms with E-state index < -0.39 is 0 Å². The molecule has 3 heteroatoms. The van der Waals surface area contributed by atoms with Crippen molar-refractivity contribution >= 4 is 5.78 Å². The van der Waals surface area contributed by atoms with Crippen LogP contribution in [-0.2, 0) is 4.79 Å². The van der Waals surface area contributed by atoms with Gasteiger partial charge in [0.15, 0.2) is 0 Å². The molecule has 0 aromatic rings. The summed E-state index contributed by atoms with van der Waals surface area (Å²) in [5.74, 6) is 8.36. The van der Waals surface area contributed by atoms with Crippen molar-refractivity contribution in [3.8, 4) is 0 Å². The van der Waals surface area contributed by atoms with Crippen LogP contribution in [0.3, 0.4) is 0 Å². The predicted octanol–water partition coefficient (Wildman–Crippen LogP) is 16.2. The highest BCUT2D eigenvalue weighted by atomic mass is 16.3. The molecule has 9 aliphatic rings. The zero-order valence-electron chi connectivity index (χ0n) is 42.9. The number of hydrogen-bond donors (Lipinski definition) is 2. The molecular weight excluding hydrogens is 769 g/mol. The molecule has 0 bridgehead atoms. The second-order valence-corrected chi connectivity index (χ2v) is 24.2. The minimum atomic E-state index is -0.117. The van der Waals surface area contributed by atoms with E-state index >= 15 is 0 Å². The van der Waals surface area contributed by atoms with Crippen molar-refractivity contribution < 1.29 is 15.0 Å². The maximum Gasteiger partial charge on any atom is 0.133 e. The first kappa shape index (κ1) is 50.7. The van der Waals surface area contributed by atoms with Gasteiger partial charge in [0.25, 0.3) is 0 Å². The Balaban J connectivity index is 0.000000160. The molecule has 7 saturated carbocycles. The third-order valence-electron chi connectivity index (χ3n) is 21.0. The average Bonchev–Trinajstić information content (AvgIpc) is 3.96. The summed E-state index contributed by atoms with van der Waals surface area (Å²) in [6.07, 6.45) is 38.6. The third kappa shape index (κ3) is 9.98. The van der Waals surface area contributed by atoms with E-state index in [9.17, 15) is 15.0 Å². The van der Waals surface area contributed by atoms with Gasteiger partial charge in [0.05, 0.1) is 12.2 Å². The van der Waals surface area contributed by atoms with E-state index in [-0.39, 0.29) is 17.6 Å². The molecule has 0 aromatic heterocycles. The highest BCUT2D eigenvalue weighted by Crippen LogP contribution is 2.68. The standard InChI is InChI=1S/C24H38O.C21H32O2.C11H20.C4H8/c1-5-6-16(2)20-9-10-21-19-8-7-17-15-18(25)11-13-23(17,3)22(19)12-14-24(20,21)4;1-13(22)17-6-7-18-16-5-4-14-12-15(23)8-10-20(14,2)19(16)9-11-21(17,18)3;1-4-6-9(2)11-8-5-7-10(11)3;1-3-4-2/h6-7,18-22,25H,5,8-15H2,1-4H3;4,15-19,23H,5-12H2,1-3H3;6,10-11H,4-5,7-8H2,1-3H3;3H,1,4H2,2H3/b16-6+;;9-6+;/t18-,19?,20+,21?,22?,23-,24+;15-,16?,17+,18?,19?,20-,21+;10-,11-;/m001./s1. The minimum Gasteiger partial charge on any atom is -0.393 e. The molecule has 0 saturated heterocycles. The number of carbonyl (C=O) groups is 1. The third-order valence-corrected chi connectivity index (χ3v) is 21.0. The van der Waals surface area contributed by atoms with Crippen molar-refractivity contribution in [2.45, 2.75) is 230 Å². The summed E-state index contributed by atoms with van der Waals surface area (Å²) in [6, 6.07) is 0. The first-order valence-electron chi connectivity index (χ1n) is 27.1. The summed E-state index contributed by atoms with van der Waals surface area (Å²) in [5.41, 5.74) is 7.95. The Morgan fingerprint density at radius 3 is 1.51 bits per heavy atom. The van der Waals surface area contributed by atoms with Crippen LogP contribution in [0.1, 0.15) is 217 Å². The summed E-state index contributed by atoms with van der Waals surface area (Å²) in [5, 5.41) is 20.2. The molecule has 9 aliphatic carbocycles. The molecule has 0 amide bonds. The Kier molecular flexibility index (Phi) is 17.0. The predicted molar refractivity (Wildman–Crippen MR) is 268 cm³/mol. The molecule has 0 aliphatic heterocycles. The summed E-state index contributed by atoms with van der Waals surface area (Å²) in [4.78, 5) is 12.2. The van der Waals surface area contributed by atoms with Crippen LogP contribution in [0, 0.1) is 80.8 Å². The topological polar surface area (TPSA) is 57.5 Å². The quantitative estimate of drug-likeness (QED) is 0.262. The van der Waals surface area contributed by atoms with Gasteiger partial charge in [0.2, 0.25) is 0 Å². The molecule has 6 unspecified atom stereocenters. The van der Waals surface area contributed by atoms with Crippen molar-refractivity contribution in [1.29, 1.82) is 0 Å².